The zero-order valence-corrected chi connectivity index (χ0v) is 39.5. The first-order valence-electron chi connectivity index (χ1n) is 25.9. The second kappa shape index (κ2) is 46.5. The van der Waals surface area contributed by atoms with E-state index in [0.29, 0.717) is 19.3 Å². The van der Waals surface area contributed by atoms with E-state index in [1.165, 1.54) is 186 Å². The first-order chi connectivity index (χ1) is 28.4. The van der Waals surface area contributed by atoms with E-state index in [-0.39, 0.29) is 31.1 Å². The minimum atomic E-state index is -0.759. The van der Waals surface area contributed by atoms with Crippen molar-refractivity contribution in [2.75, 3.05) is 13.2 Å². The van der Waals surface area contributed by atoms with E-state index >= 15 is 0 Å². The summed E-state index contributed by atoms with van der Waals surface area (Å²) in [6.07, 6.45) is 48.1. The van der Waals surface area contributed by atoms with Gasteiger partial charge >= 0.3 is 17.9 Å². The number of carbonyl (C=O) groups excluding carboxylic acids is 3. The smallest absolute Gasteiger partial charge is 0.306 e. The normalized spacial score (nSPS) is 11.9. The highest BCUT2D eigenvalue weighted by atomic mass is 16.6. The Balaban J connectivity index is 4.19. The van der Waals surface area contributed by atoms with Gasteiger partial charge in [-0.05, 0) is 25.2 Å². The standard InChI is InChI=1S/C52H100O6/c1-5-7-9-11-13-14-15-16-17-18-22-25-28-32-36-40-44-51(54)57-47-49(46-56-50(53)43-39-35-30-12-10-8-6-2)58-52(55)45-41-37-33-29-26-23-20-19-21-24-27-31-34-38-42-48(3)4/h48-49H,5-47H2,1-4H3/t49-/m1/s1. The van der Waals surface area contributed by atoms with E-state index in [0.717, 1.165) is 63.7 Å². The van der Waals surface area contributed by atoms with Gasteiger partial charge in [0.15, 0.2) is 6.10 Å². The van der Waals surface area contributed by atoms with Crippen LogP contribution < -0.4 is 0 Å². The van der Waals surface area contributed by atoms with E-state index in [4.69, 9.17) is 14.2 Å². The van der Waals surface area contributed by atoms with Gasteiger partial charge in [0.1, 0.15) is 13.2 Å². The van der Waals surface area contributed by atoms with Crippen molar-refractivity contribution in [2.24, 2.45) is 5.92 Å². The van der Waals surface area contributed by atoms with Crippen LogP contribution in [0.4, 0.5) is 0 Å². The minimum Gasteiger partial charge on any atom is -0.462 e. The molecule has 0 aromatic rings. The molecular weight excluding hydrogens is 721 g/mol. The van der Waals surface area contributed by atoms with Crippen LogP contribution in [0.5, 0.6) is 0 Å². The van der Waals surface area contributed by atoms with Crippen LogP contribution in [-0.4, -0.2) is 37.2 Å². The molecule has 0 aliphatic rings. The fraction of sp³-hybridized carbons (Fsp3) is 0.942. The lowest BCUT2D eigenvalue weighted by Crippen LogP contribution is -2.30. The van der Waals surface area contributed by atoms with Crippen LogP contribution in [0.3, 0.4) is 0 Å². The van der Waals surface area contributed by atoms with Crippen molar-refractivity contribution in [3.8, 4) is 0 Å². The Hall–Kier alpha value is -1.59. The lowest BCUT2D eigenvalue weighted by molar-refractivity contribution is -0.167. The van der Waals surface area contributed by atoms with Crippen LogP contribution in [0, 0.1) is 5.92 Å². The van der Waals surface area contributed by atoms with Gasteiger partial charge in [0.25, 0.3) is 0 Å². The molecule has 0 heterocycles. The second-order valence-corrected chi connectivity index (χ2v) is 18.3. The van der Waals surface area contributed by atoms with Crippen molar-refractivity contribution >= 4 is 17.9 Å². The van der Waals surface area contributed by atoms with Crippen LogP contribution in [0.2, 0.25) is 0 Å². The summed E-state index contributed by atoms with van der Waals surface area (Å²) in [4.78, 5) is 37.8. The third-order valence-electron chi connectivity index (χ3n) is 11.8. The van der Waals surface area contributed by atoms with Crippen molar-refractivity contribution in [1.29, 1.82) is 0 Å². The molecule has 0 aliphatic heterocycles. The van der Waals surface area contributed by atoms with E-state index in [2.05, 4.69) is 27.7 Å². The van der Waals surface area contributed by atoms with Gasteiger partial charge in [0.2, 0.25) is 0 Å². The number of esters is 3. The van der Waals surface area contributed by atoms with E-state index in [9.17, 15) is 14.4 Å². The Labute approximate surface area is 361 Å². The first kappa shape index (κ1) is 56.4. The SMILES string of the molecule is CCCCCCCCCCCCCCCCCCC(=O)OC[C@@H](COC(=O)CCCCCCCCC)OC(=O)CCCCCCCCCCCCCCCCC(C)C. The molecule has 58 heavy (non-hydrogen) atoms. The molecule has 0 N–H and O–H groups in total. The lowest BCUT2D eigenvalue weighted by atomic mass is 10.0. The van der Waals surface area contributed by atoms with Gasteiger partial charge in [-0.1, -0.05) is 252 Å². The number of hydrogen-bond acceptors (Lipinski definition) is 6. The molecule has 0 radical (unpaired) electrons. The van der Waals surface area contributed by atoms with Gasteiger partial charge in [-0.25, -0.2) is 0 Å². The third-order valence-corrected chi connectivity index (χ3v) is 11.8. The number of unbranched alkanes of at least 4 members (excludes halogenated alkanes) is 34. The maximum Gasteiger partial charge on any atom is 0.306 e. The summed E-state index contributed by atoms with van der Waals surface area (Å²) < 4.78 is 16.7. The Morgan fingerprint density at radius 2 is 0.569 bits per heavy atom. The van der Waals surface area contributed by atoms with Crippen LogP contribution in [0.1, 0.15) is 291 Å². The second-order valence-electron chi connectivity index (χ2n) is 18.3. The number of carbonyl (C=O) groups is 3. The molecule has 0 bridgehead atoms. The van der Waals surface area contributed by atoms with Gasteiger partial charge in [0, 0.05) is 19.3 Å². The molecule has 0 aliphatic carbocycles. The van der Waals surface area contributed by atoms with E-state index in [1.54, 1.807) is 0 Å². The van der Waals surface area contributed by atoms with Crippen molar-refractivity contribution in [1.82, 2.24) is 0 Å². The third kappa shape index (κ3) is 45.5. The summed E-state index contributed by atoms with van der Waals surface area (Å²) in [6.45, 7) is 9.00. The zero-order valence-electron chi connectivity index (χ0n) is 39.5. The quantitative estimate of drug-likeness (QED) is 0.0346. The van der Waals surface area contributed by atoms with E-state index in [1.807, 2.05) is 0 Å². The fourth-order valence-corrected chi connectivity index (χ4v) is 7.86. The van der Waals surface area contributed by atoms with Crippen molar-refractivity contribution in [2.45, 2.75) is 297 Å². The molecule has 0 amide bonds. The van der Waals surface area contributed by atoms with Crippen molar-refractivity contribution < 1.29 is 28.6 Å². The molecule has 344 valence electrons. The molecular formula is C52H100O6. The molecule has 6 heteroatoms. The Morgan fingerprint density at radius 1 is 0.328 bits per heavy atom. The summed E-state index contributed by atoms with van der Waals surface area (Å²) in [5.41, 5.74) is 0. The zero-order chi connectivity index (χ0) is 42.4. The van der Waals surface area contributed by atoms with Crippen molar-refractivity contribution in [3.05, 3.63) is 0 Å². The topological polar surface area (TPSA) is 78.9 Å². The van der Waals surface area contributed by atoms with Gasteiger partial charge < -0.3 is 14.2 Å². The lowest BCUT2D eigenvalue weighted by Gasteiger charge is -2.18. The van der Waals surface area contributed by atoms with Gasteiger partial charge in [-0.15, -0.1) is 0 Å². The van der Waals surface area contributed by atoms with Gasteiger partial charge in [-0.2, -0.15) is 0 Å². The summed E-state index contributed by atoms with van der Waals surface area (Å²) in [5.74, 6) is -0.00730. The Kier molecular flexibility index (Phi) is 45.2. The summed E-state index contributed by atoms with van der Waals surface area (Å²) in [7, 11) is 0. The average Bonchev–Trinajstić information content (AvgIpc) is 3.21. The molecule has 0 saturated heterocycles. The highest BCUT2D eigenvalue weighted by Gasteiger charge is 2.19. The molecule has 0 spiro atoms. The molecule has 6 nitrogen and oxygen atoms in total. The maximum absolute atomic E-state index is 12.8. The number of ether oxygens (including phenoxy) is 3. The molecule has 0 unspecified atom stereocenters. The van der Waals surface area contributed by atoms with E-state index < -0.39 is 6.10 Å². The minimum absolute atomic E-state index is 0.0631. The molecule has 0 rings (SSSR count). The van der Waals surface area contributed by atoms with Crippen molar-refractivity contribution in [3.63, 3.8) is 0 Å². The summed E-state index contributed by atoms with van der Waals surface area (Å²) in [6, 6.07) is 0. The fourth-order valence-electron chi connectivity index (χ4n) is 7.86. The molecule has 0 aromatic carbocycles. The largest absolute Gasteiger partial charge is 0.462 e. The summed E-state index contributed by atoms with van der Waals surface area (Å²) in [5, 5.41) is 0. The van der Waals surface area contributed by atoms with Gasteiger partial charge in [-0.3, -0.25) is 14.4 Å². The Morgan fingerprint density at radius 3 is 0.845 bits per heavy atom. The number of hydrogen-bond donors (Lipinski definition) is 0. The highest BCUT2D eigenvalue weighted by molar-refractivity contribution is 5.71. The Bertz CT molecular complexity index is 872. The monoisotopic (exact) mass is 821 g/mol. The van der Waals surface area contributed by atoms with Crippen LogP contribution in [0.25, 0.3) is 0 Å². The highest BCUT2D eigenvalue weighted by Crippen LogP contribution is 2.17. The number of rotatable bonds is 47. The molecule has 0 fully saturated rings. The average molecular weight is 821 g/mol. The summed E-state index contributed by atoms with van der Waals surface area (Å²) >= 11 is 0. The maximum atomic E-state index is 12.8. The predicted molar refractivity (Wildman–Crippen MR) is 247 cm³/mol. The molecule has 1 atom stereocenters. The van der Waals surface area contributed by atoms with Gasteiger partial charge in [0.05, 0.1) is 0 Å². The first-order valence-corrected chi connectivity index (χ1v) is 25.9. The molecule has 0 aromatic heterocycles. The van der Waals surface area contributed by atoms with Crippen LogP contribution in [0.15, 0.2) is 0 Å². The molecule has 0 saturated carbocycles. The predicted octanol–water partition coefficient (Wildman–Crippen LogP) is 16.7. The van der Waals surface area contributed by atoms with Crippen LogP contribution >= 0.6 is 0 Å². The van der Waals surface area contributed by atoms with Crippen LogP contribution in [-0.2, 0) is 28.6 Å².